The second kappa shape index (κ2) is 7.28. The van der Waals surface area contributed by atoms with Crippen LogP contribution in [0.2, 0.25) is 0 Å². The normalized spacial score (nSPS) is 11.4. The average molecular weight is 393 g/mol. The highest BCUT2D eigenvalue weighted by Crippen LogP contribution is 2.34. The topological polar surface area (TPSA) is 39.9 Å². The van der Waals surface area contributed by atoms with Crippen LogP contribution in [0.15, 0.2) is 48.5 Å². The standard InChI is InChI=1S/C23H21F2N3O/c1-13-5-6-16(11-14(13)2)20-12-19(22(24)25)21-15(3)27-28(23(21)26-20)17-7-9-18(29-4)10-8-17/h5-12,22H,1-4H3. The summed E-state index contributed by atoms with van der Waals surface area (Å²) in [6.07, 6.45) is -2.63. The number of pyridine rings is 1. The van der Waals surface area contributed by atoms with Crippen molar-refractivity contribution in [2.24, 2.45) is 0 Å². The molecule has 0 unspecified atom stereocenters. The number of rotatable bonds is 4. The van der Waals surface area contributed by atoms with Gasteiger partial charge in [0.1, 0.15) is 5.75 Å². The summed E-state index contributed by atoms with van der Waals surface area (Å²) in [6.45, 7) is 5.74. The van der Waals surface area contributed by atoms with E-state index in [-0.39, 0.29) is 5.56 Å². The highest BCUT2D eigenvalue weighted by molar-refractivity contribution is 5.86. The summed E-state index contributed by atoms with van der Waals surface area (Å²) in [5, 5.41) is 4.90. The van der Waals surface area contributed by atoms with Crippen molar-refractivity contribution in [3.8, 4) is 22.7 Å². The highest BCUT2D eigenvalue weighted by atomic mass is 19.3. The maximum Gasteiger partial charge on any atom is 0.264 e. The molecule has 29 heavy (non-hydrogen) atoms. The number of aryl methyl sites for hydroxylation is 3. The molecule has 0 aliphatic carbocycles. The lowest BCUT2D eigenvalue weighted by atomic mass is 10.0. The molecule has 0 aliphatic heterocycles. The SMILES string of the molecule is COc1ccc(-n2nc(C)c3c(C(F)F)cc(-c4ccc(C)c(C)c4)nc32)cc1. The van der Waals surface area contributed by atoms with E-state index in [0.717, 1.165) is 22.4 Å². The summed E-state index contributed by atoms with van der Waals surface area (Å²) >= 11 is 0. The molecule has 0 saturated heterocycles. The van der Waals surface area contributed by atoms with Gasteiger partial charge in [-0.3, -0.25) is 0 Å². The van der Waals surface area contributed by atoms with Crippen LogP contribution in [-0.4, -0.2) is 21.9 Å². The summed E-state index contributed by atoms with van der Waals surface area (Å²) in [5.41, 5.74) is 5.15. The number of halogens is 2. The van der Waals surface area contributed by atoms with Gasteiger partial charge in [-0.2, -0.15) is 5.10 Å². The summed E-state index contributed by atoms with van der Waals surface area (Å²) in [6, 6.07) is 14.6. The third-order valence-electron chi connectivity index (χ3n) is 5.20. The molecule has 0 saturated carbocycles. The van der Waals surface area contributed by atoms with Crippen LogP contribution < -0.4 is 4.74 Å². The van der Waals surface area contributed by atoms with Crippen LogP contribution in [0.4, 0.5) is 8.78 Å². The average Bonchev–Trinajstić information content (AvgIpc) is 3.06. The molecule has 148 valence electrons. The Labute approximate surface area is 167 Å². The molecule has 2 heterocycles. The van der Waals surface area contributed by atoms with Crippen LogP contribution in [0.1, 0.15) is 28.8 Å². The van der Waals surface area contributed by atoms with Crippen molar-refractivity contribution in [2.75, 3.05) is 7.11 Å². The Kier molecular flexibility index (Phi) is 4.78. The van der Waals surface area contributed by atoms with Crippen molar-refractivity contribution in [1.29, 1.82) is 0 Å². The van der Waals surface area contributed by atoms with Gasteiger partial charge >= 0.3 is 0 Å². The van der Waals surface area contributed by atoms with E-state index in [0.29, 0.717) is 28.2 Å². The highest BCUT2D eigenvalue weighted by Gasteiger charge is 2.21. The summed E-state index contributed by atoms with van der Waals surface area (Å²) in [5.74, 6) is 0.707. The molecule has 4 aromatic rings. The summed E-state index contributed by atoms with van der Waals surface area (Å²) < 4.78 is 34.7. The van der Waals surface area contributed by atoms with Crippen LogP contribution in [0.5, 0.6) is 5.75 Å². The molecule has 6 heteroatoms. The Morgan fingerprint density at radius 1 is 0.931 bits per heavy atom. The molecule has 0 fully saturated rings. The van der Waals surface area contributed by atoms with Crippen LogP contribution in [0.25, 0.3) is 28.0 Å². The van der Waals surface area contributed by atoms with Crippen molar-refractivity contribution in [2.45, 2.75) is 27.2 Å². The van der Waals surface area contributed by atoms with E-state index >= 15 is 0 Å². The van der Waals surface area contributed by atoms with Gasteiger partial charge in [-0.1, -0.05) is 12.1 Å². The smallest absolute Gasteiger partial charge is 0.264 e. The van der Waals surface area contributed by atoms with E-state index in [4.69, 9.17) is 9.72 Å². The predicted octanol–water partition coefficient (Wildman–Crippen LogP) is 5.96. The van der Waals surface area contributed by atoms with Crippen molar-refractivity contribution >= 4 is 11.0 Å². The van der Waals surface area contributed by atoms with Gasteiger partial charge in [0, 0.05) is 11.1 Å². The van der Waals surface area contributed by atoms with Gasteiger partial charge in [0.2, 0.25) is 0 Å². The van der Waals surface area contributed by atoms with Crippen LogP contribution in [0.3, 0.4) is 0 Å². The first-order valence-electron chi connectivity index (χ1n) is 9.29. The Balaban J connectivity index is 1.98. The van der Waals surface area contributed by atoms with E-state index in [1.165, 1.54) is 6.07 Å². The second-order valence-electron chi connectivity index (χ2n) is 7.09. The molecule has 2 aromatic heterocycles. The van der Waals surface area contributed by atoms with Crippen LogP contribution in [-0.2, 0) is 0 Å². The van der Waals surface area contributed by atoms with E-state index in [9.17, 15) is 8.78 Å². The quantitative estimate of drug-likeness (QED) is 0.430. The zero-order chi connectivity index (χ0) is 20.7. The Hall–Kier alpha value is -3.28. The maximum absolute atomic E-state index is 13.9. The van der Waals surface area contributed by atoms with Gasteiger partial charge in [0.15, 0.2) is 5.65 Å². The van der Waals surface area contributed by atoms with Crippen molar-refractivity contribution in [1.82, 2.24) is 14.8 Å². The van der Waals surface area contributed by atoms with E-state index in [2.05, 4.69) is 5.10 Å². The van der Waals surface area contributed by atoms with Crippen molar-refractivity contribution in [3.63, 3.8) is 0 Å². The Bertz CT molecular complexity index is 1200. The van der Waals surface area contributed by atoms with E-state index in [1.807, 2.05) is 44.2 Å². The zero-order valence-corrected chi connectivity index (χ0v) is 16.7. The van der Waals surface area contributed by atoms with E-state index in [1.54, 1.807) is 30.8 Å². The monoisotopic (exact) mass is 393 g/mol. The molecule has 0 spiro atoms. The Morgan fingerprint density at radius 2 is 1.66 bits per heavy atom. The molecular formula is C23H21F2N3O. The lowest BCUT2D eigenvalue weighted by Gasteiger charge is -2.10. The number of benzene rings is 2. The lowest BCUT2D eigenvalue weighted by molar-refractivity contribution is 0.153. The molecule has 2 aromatic carbocycles. The molecule has 0 N–H and O–H groups in total. The van der Waals surface area contributed by atoms with Crippen molar-refractivity contribution in [3.05, 3.63) is 70.9 Å². The lowest BCUT2D eigenvalue weighted by Crippen LogP contribution is -2.00. The van der Waals surface area contributed by atoms with Crippen LogP contribution in [0, 0.1) is 20.8 Å². The first-order chi connectivity index (χ1) is 13.9. The first-order valence-corrected chi connectivity index (χ1v) is 9.29. The number of aromatic nitrogens is 3. The third-order valence-corrected chi connectivity index (χ3v) is 5.20. The first kappa shape index (κ1) is 19.1. The fourth-order valence-electron chi connectivity index (χ4n) is 3.45. The largest absolute Gasteiger partial charge is 0.497 e. The predicted molar refractivity (Wildman–Crippen MR) is 110 cm³/mol. The van der Waals surface area contributed by atoms with Gasteiger partial charge in [-0.05, 0) is 68.3 Å². The molecule has 4 nitrogen and oxygen atoms in total. The van der Waals surface area contributed by atoms with Gasteiger partial charge < -0.3 is 4.74 Å². The number of fused-ring (bicyclic) bond motifs is 1. The molecule has 0 atom stereocenters. The molecular weight excluding hydrogens is 372 g/mol. The van der Waals surface area contributed by atoms with Gasteiger partial charge in [0.25, 0.3) is 6.43 Å². The third kappa shape index (κ3) is 3.35. The summed E-state index contributed by atoms with van der Waals surface area (Å²) in [4.78, 5) is 4.73. The van der Waals surface area contributed by atoms with Gasteiger partial charge in [-0.25, -0.2) is 18.4 Å². The zero-order valence-electron chi connectivity index (χ0n) is 16.7. The number of alkyl halides is 2. The second-order valence-corrected chi connectivity index (χ2v) is 7.09. The van der Waals surface area contributed by atoms with Gasteiger partial charge in [0.05, 0.1) is 29.6 Å². The number of hydrogen-bond acceptors (Lipinski definition) is 3. The minimum atomic E-state index is -2.63. The Morgan fingerprint density at radius 3 is 2.28 bits per heavy atom. The molecule has 0 radical (unpaired) electrons. The fourth-order valence-corrected chi connectivity index (χ4v) is 3.45. The molecule has 4 rings (SSSR count). The minimum Gasteiger partial charge on any atom is -0.497 e. The molecule has 0 amide bonds. The number of hydrogen-bond donors (Lipinski definition) is 0. The number of nitrogens with zero attached hydrogens (tertiary/aromatic N) is 3. The minimum absolute atomic E-state index is 0.0551. The van der Waals surface area contributed by atoms with Gasteiger partial charge in [-0.15, -0.1) is 0 Å². The molecule has 0 aliphatic rings. The number of methoxy groups -OCH3 is 1. The van der Waals surface area contributed by atoms with E-state index < -0.39 is 6.43 Å². The fraction of sp³-hybridized carbons (Fsp3) is 0.217. The van der Waals surface area contributed by atoms with Crippen LogP contribution >= 0.6 is 0 Å². The maximum atomic E-state index is 13.9. The van der Waals surface area contributed by atoms with Crippen molar-refractivity contribution < 1.29 is 13.5 Å². The summed E-state index contributed by atoms with van der Waals surface area (Å²) in [7, 11) is 1.59. The molecule has 0 bridgehead atoms. The number of ether oxygens (including phenoxy) is 1.